The van der Waals surface area contributed by atoms with Crippen molar-refractivity contribution in [1.82, 2.24) is 4.90 Å². The molecule has 0 saturated heterocycles. The first-order valence-electron chi connectivity index (χ1n) is 6.27. The number of halogens is 1. The molecular weight excluding hydrogens is 282 g/mol. The van der Waals surface area contributed by atoms with Crippen molar-refractivity contribution in [3.05, 3.63) is 28.3 Å². The first-order chi connectivity index (χ1) is 9.60. The first kappa shape index (κ1) is 13.3. The summed E-state index contributed by atoms with van der Waals surface area (Å²) in [5.41, 5.74) is 2.54. The van der Waals surface area contributed by atoms with Gasteiger partial charge in [-0.05, 0) is 31.2 Å². The quantitative estimate of drug-likeness (QED) is 0.756. The van der Waals surface area contributed by atoms with Gasteiger partial charge >= 0.3 is 12.1 Å². The highest BCUT2D eigenvalue weighted by Crippen LogP contribution is 2.39. The molecule has 2 aromatic rings. The van der Waals surface area contributed by atoms with E-state index >= 15 is 0 Å². The highest BCUT2D eigenvalue weighted by molar-refractivity contribution is 6.32. The Kier molecular flexibility index (Phi) is 3.31. The van der Waals surface area contributed by atoms with Crippen molar-refractivity contribution in [2.24, 2.45) is 0 Å². The summed E-state index contributed by atoms with van der Waals surface area (Å²) in [7, 11) is 3.26. The Morgan fingerprint density at radius 3 is 2.95 bits per heavy atom. The molecule has 2 heterocycles. The van der Waals surface area contributed by atoms with Gasteiger partial charge in [-0.2, -0.15) is 0 Å². The van der Waals surface area contributed by atoms with E-state index in [0.29, 0.717) is 17.2 Å². The van der Waals surface area contributed by atoms with Crippen LogP contribution in [0.2, 0.25) is 5.02 Å². The van der Waals surface area contributed by atoms with Crippen molar-refractivity contribution in [1.29, 1.82) is 0 Å². The lowest BCUT2D eigenvalue weighted by atomic mass is 10.0. The average molecular weight is 296 g/mol. The predicted molar refractivity (Wildman–Crippen MR) is 74.3 cm³/mol. The molecule has 0 unspecified atom stereocenters. The fourth-order valence-corrected chi connectivity index (χ4v) is 2.77. The number of benzene rings is 1. The van der Waals surface area contributed by atoms with E-state index in [1.165, 1.54) is 7.11 Å². The molecule has 0 atom stereocenters. The molecule has 3 rings (SSSR count). The Hall–Kier alpha value is -1.72. The van der Waals surface area contributed by atoms with Crippen LogP contribution in [-0.4, -0.2) is 31.8 Å². The fourth-order valence-electron chi connectivity index (χ4n) is 2.52. The smallest absolute Gasteiger partial charge is 0.437 e. The number of carbonyl (C=O) groups excluding carboxylic acids is 1. The van der Waals surface area contributed by atoms with E-state index in [1.807, 2.05) is 7.05 Å². The summed E-state index contributed by atoms with van der Waals surface area (Å²) in [6.45, 7) is 1.51. The van der Waals surface area contributed by atoms with Crippen molar-refractivity contribution in [2.75, 3.05) is 20.7 Å². The van der Waals surface area contributed by atoms with Crippen LogP contribution in [0.15, 0.2) is 16.5 Å². The van der Waals surface area contributed by atoms with E-state index in [-0.39, 0.29) is 5.95 Å². The van der Waals surface area contributed by atoms with Gasteiger partial charge in [0.05, 0.1) is 12.7 Å². The number of likely N-dealkylation sites (N-methyl/N-ethyl adjacent to an activating group) is 1. The lowest BCUT2D eigenvalue weighted by Crippen LogP contribution is -2.19. The van der Waals surface area contributed by atoms with Crippen molar-refractivity contribution in [3.8, 4) is 5.95 Å². The van der Waals surface area contributed by atoms with Gasteiger partial charge in [0.15, 0.2) is 0 Å². The van der Waals surface area contributed by atoms with Gasteiger partial charge in [0.2, 0.25) is 0 Å². The molecule has 6 heteroatoms. The maximum atomic E-state index is 11.3. The maximum Gasteiger partial charge on any atom is 0.516 e. The van der Waals surface area contributed by atoms with Crippen LogP contribution in [0.25, 0.3) is 11.0 Å². The minimum atomic E-state index is -0.792. The third kappa shape index (κ3) is 2.13. The van der Waals surface area contributed by atoms with E-state index in [2.05, 4.69) is 9.64 Å². The van der Waals surface area contributed by atoms with Crippen LogP contribution < -0.4 is 4.74 Å². The number of hydrogen-bond acceptors (Lipinski definition) is 5. The molecule has 1 aliphatic rings. The number of methoxy groups -OCH3 is 1. The summed E-state index contributed by atoms with van der Waals surface area (Å²) in [5.74, 6) is 0.184. The zero-order valence-corrected chi connectivity index (χ0v) is 12.0. The topological polar surface area (TPSA) is 51.9 Å². The second-order valence-electron chi connectivity index (χ2n) is 4.81. The summed E-state index contributed by atoms with van der Waals surface area (Å²) in [6.07, 6.45) is 0.0384. The molecule has 0 N–H and O–H groups in total. The summed E-state index contributed by atoms with van der Waals surface area (Å²) >= 11 is 6.28. The standard InChI is InChI=1S/C14H14ClNO4/c1-16-6-5-8-10(15)3-4-11-12(8)9(7-16)13(19-11)20-14(17)18-2/h3-4H,5-7H2,1-2H3. The molecule has 0 saturated carbocycles. The minimum Gasteiger partial charge on any atom is -0.437 e. The van der Waals surface area contributed by atoms with Crippen molar-refractivity contribution >= 4 is 28.7 Å². The molecular formula is C14H14ClNO4. The van der Waals surface area contributed by atoms with Crippen LogP contribution in [0.5, 0.6) is 5.95 Å². The van der Waals surface area contributed by atoms with Crippen LogP contribution in [0.1, 0.15) is 11.1 Å². The Bertz CT molecular complexity index is 679. The number of rotatable bonds is 1. The lowest BCUT2D eigenvalue weighted by Gasteiger charge is -2.13. The molecule has 5 nitrogen and oxygen atoms in total. The zero-order valence-electron chi connectivity index (χ0n) is 11.2. The Balaban J connectivity index is 2.20. The third-order valence-electron chi connectivity index (χ3n) is 3.48. The van der Waals surface area contributed by atoms with E-state index in [4.69, 9.17) is 20.8 Å². The van der Waals surface area contributed by atoms with Gasteiger partial charge in [0.1, 0.15) is 5.58 Å². The van der Waals surface area contributed by atoms with E-state index < -0.39 is 6.16 Å². The highest BCUT2D eigenvalue weighted by atomic mass is 35.5. The molecule has 0 spiro atoms. The molecule has 0 aliphatic carbocycles. The molecule has 0 radical (unpaired) electrons. The van der Waals surface area contributed by atoms with E-state index in [0.717, 1.165) is 29.5 Å². The predicted octanol–water partition coefficient (Wildman–Crippen LogP) is 3.22. The Morgan fingerprint density at radius 1 is 1.40 bits per heavy atom. The second kappa shape index (κ2) is 5.00. The van der Waals surface area contributed by atoms with Gasteiger partial charge in [-0.25, -0.2) is 4.79 Å². The molecule has 0 amide bonds. The van der Waals surface area contributed by atoms with Crippen LogP contribution in [-0.2, 0) is 17.7 Å². The fraction of sp³-hybridized carbons (Fsp3) is 0.357. The molecule has 1 aromatic heterocycles. The van der Waals surface area contributed by atoms with Crippen LogP contribution in [0, 0.1) is 0 Å². The van der Waals surface area contributed by atoms with Crippen molar-refractivity contribution in [3.63, 3.8) is 0 Å². The lowest BCUT2D eigenvalue weighted by molar-refractivity contribution is 0.111. The molecule has 20 heavy (non-hydrogen) atoms. The minimum absolute atomic E-state index is 0.184. The summed E-state index contributed by atoms with van der Waals surface area (Å²) in [4.78, 5) is 13.4. The van der Waals surface area contributed by atoms with Crippen LogP contribution >= 0.6 is 11.6 Å². The summed E-state index contributed by atoms with van der Waals surface area (Å²) < 4.78 is 15.3. The van der Waals surface area contributed by atoms with Gasteiger partial charge in [0.25, 0.3) is 0 Å². The van der Waals surface area contributed by atoms with Gasteiger partial charge in [-0.3, -0.25) is 0 Å². The van der Waals surface area contributed by atoms with Crippen molar-refractivity contribution in [2.45, 2.75) is 13.0 Å². The Labute approximate surface area is 121 Å². The largest absolute Gasteiger partial charge is 0.516 e. The summed E-state index contributed by atoms with van der Waals surface area (Å²) in [5, 5.41) is 1.65. The monoisotopic (exact) mass is 295 g/mol. The molecule has 0 bridgehead atoms. The summed E-state index contributed by atoms with van der Waals surface area (Å²) in [6, 6.07) is 3.60. The number of ether oxygens (including phenoxy) is 2. The second-order valence-corrected chi connectivity index (χ2v) is 5.22. The number of carbonyl (C=O) groups is 1. The normalized spacial score (nSPS) is 15.2. The van der Waals surface area contributed by atoms with E-state index in [1.54, 1.807) is 12.1 Å². The number of nitrogens with zero attached hydrogens (tertiary/aromatic N) is 1. The Morgan fingerprint density at radius 2 is 2.20 bits per heavy atom. The molecule has 1 aliphatic heterocycles. The van der Waals surface area contributed by atoms with Crippen molar-refractivity contribution < 1.29 is 18.7 Å². The highest BCUT2D eigenvalue weighted by Gasteiger charge is 2.25. The van der Waals surface area contributed by atoms with Crippen LogP contribution in [0.3, 0.4) is 0 Å². The first-order valence-corrected chi connectivity index (χ1v) is 6.65. The molecule has 106 valence electrons. The van der Waals surface area contributed by atoms with Crippen LogP contribution in [0.4, 0.5) is 4.79 Å². The third-order valence-corrected chi connectivity index (χ3v) is 3.84. The van der Waals surface area contributed by atoms with E-state index in [9.17, 15) is 4.79 Å². The van der Waals surface area contributed by atoms with Gasteiger partial charge in [-0.1, -0.05) is 11.6 Å². The number of furan rings is 1. The van der Waals surface area contributed by atoms with Gasteiger partial charge in [0, 0.05) is 23.5 Å². The SMILES string of the molecule is COC(=O)Oc1oc2ccc(Cl)c3c2c1CN(C)CC3. The maximum absolute atomic E-state index is 11.3. The zero-order chi connectivity index (χ0) is 14.3. The molecule has 0 fully saturated rings. The van der Waals surface area contributed by atoms with Gasteiger partial charge in [-0.15, -0.1) is 0 Å². The molecule has 1 aromatic carbocycles. The number of hydrogen-bond donors (Lipinski definition) is 0. The van der Waals surface area contributed by atoms with Gasteiger partial charge < -0.3 is 18.8 Å². The average Bonchev–Trinajstić information content (AvgIpc) is 2.64.